The second-order valence-corrected chi connectivity index (χ2v) is 4.70. The lowest BCUT2D eigenvalue weighted by Crippen LogP contribution is -2.32. The highest BCUT2D eigenvalue weighted by molar-refractivity contribution is 6.02. The van der Waals surface area contributed by atoms with E-state index in [2.05, 4.69) is 22.0 Å². The molecule has 0 spiro atoms. The number of nitrogens with two attached hydrogens (primary N) is 1. The lowest BCUT2D eigenvalue weighted by molar-refractivity contribution is -0.385. The zero-order valence-electron chi connectivity index (χ0n) is 11.2. The topological polar surface area (TPSA) is 118 Å². The number of pyridine rings is 1. The number of oxime groups is 1. The van der Waals surface area contributed by atoms with Gasteiger partial charge in [0.2, 0.25) is 0 Å². The average molecular weight is 279 g/mol. The predicted octanol–water partition coefficient (Wildman–Crippen LogP) is 1.46. The van der Waals surface area contributed by atoms with Gasteiger partial charge < -0.3 is 15.8 Å². The zero-order valence-corrected chi connectivity index (χ0v) is 11.2. The van der Waals surface area contributed by atoms with Crippen LogP contribution in [0.15, 0.2) is 17.4 Å². The van der Waals surface area contributed by atoms with Gasteiger partial charge >= 0.3 is 0 Å². The van der Waals surface area contributed by atoms with Crippen LogP contribution in [0.1, 0.15) is 31.7 Å². The third-order valence-corrected chi connectivity index (χ3v) is 3.57. The summed E-state index contributed by atoms with van der Waals surface area (Å²) in [6.07, 6.45) is 4.24. The summed E-state index contributed by atoms with van der Waals surface area (Å²) in [7, 11) is 0. The van der Waals surface area contributed by atoms with E-state index in [0.717, 1.165) is 25.8 Å². The van der Waals surface area contributed by atoms with Crippen molar-refractivity contribution in [3.63, 3.8) is 0 Å². The fourth-order valence-corrected chi connectivity index (χ4v) is 2.56. The van der Waals surface area contributed by atoms with Crippen LogP contribution < -0.4 is 10.6 Å². The second kappa shape index (κ2) is 5.72. The Morgan fingerprint density at radius 1 is 1.75 bits per heavy atom. The van der Waals surface area contributed by atoms with Crippen LogP contribution in [-0.2, 0) is 0 Å². The third kappa shape index (κ3) is 2.49. The Hall–Kier alpha value is -2.38. The Bertz CT molecular complexity index is 546. The molecule has 0 saturated carbocycles. The summed E-state index contributed by atoms with van der Waals surface area (Å²) in [6.45, 7) is 2.90. The van der Waals surface area contributed by atoms with Crippen molar-refractivity contribution in [3.05, 3.63) is 27.9 Å². The minimum Gasteiger partial charge on any atom is -0.409 e. The van der Waals surface area contributed by atoms with E-state index in [4.69, 9.17) is 10.9 Å². The van der Waals surface area contributed by atoms with Gasteiger partial charge in [0.15, 0.2) is 5.84 Å². The molecule has 8 heteroatoms. The number of rotatable bonds is 4. The third-order valence-electron chi connectivity index (χ3n) is 3.57. The Balaban J connectivity index is 2.49. The van der Waals surface area contributed by atoms with E-state index >= 15 is 0 Å². The highest BCUT2D eigenvalue weighted by atomic mass is 16.6. The molecule has 8 nitrogen and oxygen atoms in total. The molecule has 1 aliphatic heterocycles. The molecule has 108 valence electrons. The molecule has 0 aliphatic carbocycles. The lowest BCUT2D eigenvalue weighted by Gasteiger charge is -2.26. The van der Waals surface area contributed by atoms with Crippen LogP contribution in [0, 0.1) is 10.1 Å². The molecule has 0 amide bonds. The van der Waals surface area contributed by atoms with Crippen LogP contribution in [0.3, 0.4) is 0 Å². The maximum Gasteiger partial charge on any atom is 0.288 e. The van der Waals surface area contributed by atoms with Crippen LogP contribution in [0.4, 0.5) is 11.5 Å². The average Bonchev–Trinajstić information content (AvgIpc) is 2.93. The molecule has 20 heavy (non-hydrogen) atoms. The maximum absolute atomic E-state index is 10.8. The summed E-state index contributed by atoms with van der Waals surface area (Å²) in [6, 6.07) is 1.62. The molecule has 1 saturated heterocycles. The molecule has 1 fully saturated rings. The number of nitrogens with zero attached hydrogens (tertiary/aromatic N) is 4. The van der Waals surface area contributed by atoms with Gasteiger partial charge in [-0.05, 0) is 19.3 Å². The van der Waals surface area contributed by atoms with Crippen LogP contribution in [0.5, 0.6) is 0 Å². The molecule has 1 atom stereocenters. The first kappa shape index (κ1) is 14.0. The largest absolute Gasteiger partial charge is 0.409 e. The molecule has 1 unspecified atom stereocenters. The predicted molar refractivity (Wildman–Crippen MR) is 74.1 cm³/mol. The van der Waals surface area contributed by atoms with Crippen molar-refractivity contribution in [3.8, 4) is 0 Å². The summed E-state index contributed by atoms with van der Waals surface area (Å²) in [5.41, 5.74) is 5.74. The number of aromatic nitrogens is 1. The van der Waals surface area contributed by atoms with Gasteiger partial charge in [0.1, 0.15) is 12.0 Å². The van der Waals surface area contributed by atoms with Crippen molar-refractivity contribution >= 4 is 17.3 Å². The van der Waals surface area contributed by atoms with Crippen molar-refractivity contribution in [2.45, 2.75) is 32.2 Å². The fraction of sp³-hybridized carbons (Fsp3) is 0.500. The molecule has 2 rings (SSSR count). The minimum absolute atomic E-state index is 0.169. The number of hydrogen-bond donors (Lipinski definition) is 2. The SMILES string of the molecule is CCC1CCCN1c1ncc([N+](=O)[O-])cc1C(N)=NO. The van der Waals surface area contributed by atoms with Crippen molar-refractivity contribution < 1.29 is 10.1 Å². The van der Waals surface area contributed by atoms with E-state index in [1.54, 1.807) is 0 Å². The summed E-state index contributed by atoms with van der Waals surface area (Å²) >= 11 is 0. The van der Waals surface area contributed by atoms with Crippen LogP contribution in [0.2, 0.25) is 0 Å². The molecule has 1 aromatic heterocycles. The highest BCUT2D eigenvalue weighted by Crippen LogP contribution is 2.30. The summed E-state index contributed by atoms with van der Waals surface area (Å²) < 4.78 is 0. The summed E-state index contributed by atoms with van der Waals surface area (Å²) in [5.74, 6) is 0.369. The first-order chi connectivity index (χ1) is 9.58. The molecular weight excluding hydrogens is 262 g/mol. The summed E-state index contributed by atoms with van der Waals surface area (Å²) in [4.78, 5) is 16.5. The van der Waals surface area contributed by atoms with Gasteiger partial charge in [-0.3, -0.25) is 10.1 Å². The van der Waals surface area contributed by atoms with Crippen LogP contribution >= 0.6 is 0 Å². The number of hydrogen-bond acceptors (Lipinski definition) is 6. The van der Waals surface area contributed by atoms with Crippen molar-refractivity contribution in [1.29, 1.82) is 0 Å². The normalized spacial score (nSPS) is 19.4. The van der Waals surface area contributed by atoms with Crippen LogP contribution in [-0.4, -0.2) is 33.5 Å². The maximum atomic E-state index is 10.8. The molecule has 2 heterocycles. The number of amidine groups is 1. The molecular formula is C12H17N5O3. The molecule has 0 aromatic carbocycles. The van der Waals surface area contributed by atoms with E-state index in [1.165, 1.54) is 12.3 Å². The molecule has 0 bridgehead atoms. The Morgan fingerprint density at radius 2 is 2.50 bits per heavy atom. The van der Waals surface area contributed by atoms with Gasteiger partial charge in [-0.1, -0.05) is 12.1 Å². The lowest BCUT2D eigenvalue weighted by atomic mass is 10.1. The van der Waals surface area contributed by atoms with E-state index in [-0.39, 0.29) is 11.5 Å². The quantitative estimate of drug-likeness (QED) is 0.283. The van der Waals surface area contributed by atoms with Crippen molar-refractivity contribution in [2.24, 2.45) is 10.9 Å². The zero-order chi connectivity index (χ0) is 14.7. The van der Waals surface area contributed by atoms with Crippen molar-refractivity contribution in [1.82, 2.24) is 4.98 Å². The molecule has 1 aliphatic rings. The van der Waals surface area contributed by atoms with Gasteiger partial charge in [0, 0.05) is 18.7 Å². The first-order valence-corrected chi connectivity index (χ1v) is 6.47. The van der Waals surface area contributed by atoms with E-state index < -0.39 is 4.92 Å². The highest BCUT2D eigenvalue weighted by Gasteiger charge is 2.28. The summed E-state index contributed by atoms with van der Waals surface area (Å²) in [5, 5.41) is 22.6. The minimum atomic E-state index is -0.549. The van der Waals surface area contributed by atoms with Gasteiger partial charge in [-0.25, -0.2) is 4.98 Å². The number of nitro groups is 1. The Morgan fingerprint density at radius 3 is 3.10 bits per heavy atom. The number of anilines is 1. The Labute approximate surface area is 116 Å². The van der Waals surface area contributed by atoms with Crippen molar-refractivity contribution in [2.75, 3.05) is 11.4 Å². The van der Waals surface area contributed by atoms with Gasteiger partial charge in [-0.15, -0.1) is 0 Å². The second-order valence-electron chi connectivity index (χ2n) is 4.70. The molecule has 3 N–H and O–H groups in total. The van der Waals surface area contributed by atoms with Gasteiger partial charge in [-0.2, -0.15) is 0 Å². The molecule has 0 radical (unpaired) electrons. The standard InChI is InChI=1S/C12H17N5O3/c1-2-8-4-3-5-16(8)12-10(11(13)15-18)6-9(7-14-12)17(19)20/h6-8,18H,2-5H2,1H3,(H2,13,15). The van der Waals surface area contributed by atoms with Crippen LogP contribution in [0.25, 0.3) is 0 Å². The van der Waals surface area contributed by atoms with E-state index in [9.17, 15) is 10.1 Å². The Kier molecular flexibility index (Phi) is 4.02. The fourth-order valence-electron chi connectivity index (χ4n) is 2.56. The van der Waals surface area contributed by atoms with Gasteiger partial charge in [0.05, 0.1) is 10.5 Å². The monoisotopic (exact) mass is 279 g/mol. The first-order valence-electron chi connectivity index (χ1n) is 6.47. The van der Waals surface area contributed by atoms with E-state index in [0.29, 0.717) is 17.4 Å². The molecule has 1 aromatic rings. The van der Waals surface area contributed by atoms with E-state index in [1.807, 2.05) is 0 Å². The smallest absolute Gasteiger partial charge is 0.288 e. The van der Waals surface area contributed by atoms with Gasteiger partial charge in [0.25, 0.3) is 5.69 Å².